The third-order valence-electron chi connectivity index (χ3n) is 4.26. The van der Waals surface area contributed by atoms with Crippen LogP contribution in [0.4, 0.5) is 4.39 Å². The lowest BCUT2D eigenvalue weighted by Gasteiger charge is -2.27. The molecule has 4 nitrogen and oxygen atoms in total. The Labute approximate surface area is 148 Å². The number of hydrogen-bond donors (Lipinski definition) is 0. The minimum absolute atomic E-state index is 0.163. The summed E-state index contributed by atoms with van der Waals surface area (Å²) < 4.78 is 39.8. The van der Waals surface area contributed by atoms with E-state index in [2.05, 4.69) is 4.98 Å². The Balaban J connectivity index is 1.65. The van der Waals surface area contributed by atoms with Crippen LogP contribution in [0.25, 0.3) is 6.08 Å². The van der Waals surface area contributed by atoms with Gasteiger partial charge in [-0.05, 0) is 55.7 Å². The molecule has 0 spiro atoms. The number of piperidine rings is 1. The Morgan fingerprint density at radius 1 is 1.16 bits per heavy atom. The summed E-state index contributed by atoms with van der Waals surface area (Å²) in [5.74, 6) is -0.578. The summed E-state index contributed by atoms with van der Waals surface area (Å²) in [5, 5.41) is 0. The lowest BCUT2D eigenvalue weighted by molar-refractivity contribution is 0.387. The fraction of sp³-hybridized carbons (Fsp3) is 0.316. The largest absolute Gasteiger partial charge is 0.254 e. The van der Waals surface area contributed by atoms with Gasteiger partial charge in [0.2, 0.25) is 10.0 Å². The van der Waals surface area contributed by atoms with Gasteiger partial charge in [0.1, 0.15) is 5.82 Å². The Kier molecular flexibility index (Phi) is 5.30. The molecule has 0 N–H and O–H groups in total. The van der Waals surface area contributed by atoms with Crippen LogP contribution < -0.4 is 0 Å². The van der Waals surface area contributed by atoms with Crippen molar-refractivity contribution in [2.75, 3.05) is 13.1 Å². The Morgan fingerprint density at radius 3 is 2.56 bits per heavy atom. The van der Waals surface area contributed by atoms with Gasteiger partial charge in [0, 0.05) is 18.8 Å². The predicted octanol–water partition coefficient (Wildman–Crippen LogP) is 3.54. The van der Waals surface area contributed by atoms with Crippen LogP contribution in [-0.4, -0.2) is 30.8 Å². The van der Waals surface area contributed by atoms with Gasteiger partial charge in [0.05, 0.1) is 11.4 Å². The van der Waals surface area contributed by atoms with Crippen molar-refractivity contribution in [1.29, 1.82) is 0 Å². The maximum absolute atomic E-state index is 13.2. The number of nitrogens with zero attached hydrogens (tertiary/aromatic N) is 2. The van der Waals surface area contributed by atoms with Crippen LogP contribution in [0, 0.1) is 12.7 Å². The number of halogens is 1. The number of benzene rings is 1. The molecule has 1 aromatic heterocycles. The van der Waals surface area contributed by atoms with E-state index in [1.807, 2.05) is 31.2 Å². The van der Waals surface area contributed by atoms with Crippen molar-refractivity contribution in [2.24, 2.45) is 0 Å². The van der Waals surface area contributed by atoms with Crippen molar-refractivity contribution in [3.05, 3.63) is 70.8 Å². The summed E-state index contributed by atoms with van der Waals surface area (Å²) in [6.07, 6.45) is 3.43. The first-order valence-corrected chi connectivity index (χ1v) is 9.89. The van der Waals surface area contributed by atoms with Gasteiger partial charge in [-0.1, -0.05) is 23.8 Å². The van der Waals surface area contributed by atoms with Crippen molar-refractivity contribution < 1.29 is 12.8 Å². The van der Waals surface area contributed by atoms with Gasteiger partial charge in [-0.25, -0.2) is 17.1 Å². The maximum Gasteiger partial charge on any atom is 0.218 e. The lowest BCUT2D eigenvalue weighted by atomic mass is 10.0. The first kappa shape index (κ1) is 17.8. The van der Waals surface area contributed by atoms with Crippen molar-refractivity contribution >= 4 is 16.1 Å². The number of aromatic nitrogens is 1. The van der Waals surface area contributed by atoms with E-state index in [1.54, 1.807) is 6.07 Å². The molecule has 0 aliphatic carbocycles. The average Bonchev–Trinajstić information content (AvgIpc) is 2.55. The molecule has 0 radical (unpaired) electrons. The molecule has 1 aliphatic rings. The molecule has 1 aromatic carbocycles. The van der Waals surface area contributed by atoms with E-state index in [9.17, 15) is 12.8 Å². The molecule has 3 rings (SSSR count). The van der Waals surface area contributed by atoms with Crippen LogP contribution in [0.5, 0.6) is 0 Å². The fourth-order valence-electron chi connectivity index (χ4n) is 2.98. The highest BCUT2D eigenvalue weighted by molar-refractivity contribution is 7.88. The monoisotopic (exact) mass is 360 g/mol. The molecule has 1 fully saturated rings. The normalized spacial score (nSPS) is 16.0. The van der Waals surface area contributed by atoms with Crippen LogP contribution in [-0.2, 0) is 15.8 Å². The quantitative estimate of drug-likeness (QED) is 0.838. The number of pyridine rings is 1. The van der Waals surface area contributed by atoms with E-state index >= 15 is 0 Å². The minimum atomic E-state index is -3.43. The molecule has 0 bridgehead atoms. The Hall–Kier alpha value is -2.05. The molecule has 0 saturated carbocycles. The van der Waals surface area contributed by atoms with E-state index in [-0.39, 0.29) is 5.75 Å². The minimum Gasteiger partial charge on any atom is -0.254 e. The number of rotatable bonds is 4. The van der Waals surface area contributed by atoms with Crippen LogP contribution in [0.2, 0.25) is 0 Å². The van der Waals surface area contributed by atoms with Crippen molar-refractivity contribution in [3.8, 4) is 0 Å². The number of sulfonamides is 1. The van der Waals surface area contributed by atoms with Gasteiger partial charge in [0.25, 0.3) is 0 Å². The highest BCUT2D eigenvalue weighted by atomic mass is 32.2. The number of aryl methyl sites for hydroxylation is 1. The van der Waals surface area contributed by atoms with Crippen molar-refractivity contribution in [2.45, 2.75) is 25.5 Å². The summed E-state index contributed by atoms with van der Waals surface area (Å²) in [6.45, 7) is 2.86. The molecule has 2 heterocycles. The lowest BCUT2D eigenvalue weighted by Crippen LogP contribution is -2.37. The standard InChI is InChI=1S/C19H21FN2O2S/c1-15-4-2-7-19(21-15)13-16-8-10-22(11-9-16)25(23,24)14-17-5-3-6-18(20)12-17/h2-7,12-13H,8-11,14H2,1H3. The van der Waals surface area contributed by atoms with Gasteiger partial charge in [-0.2, -0.15) is 0 Å². The second-order valence-corrected chi connectivity index (χ2v) is 8.26. The van der Waals surface area contributed by atoms with E-state index in [0.717, 1.165) is 11.4 Å². The first-order valence-electron chi connectivity index (χ1n) is 8.28. The molecule has 0 unspecified atom stereocenters. The van der Waals surface area contributed by atoms with Crippen LogP contribution in [0.3, 0.4) is 0 Å². The predicted molar refractivity (Wildman–Crippen MR) is 96.8 cm³/mol. The summed E-state index contributed by atoms with van der Waals surface area (Å²) >= 11 is 0. The van der Waals surface area contributed by atoms with Gasteiger partial charge in [0.15, 0.2) is 0 Å². The molecular formula is C19H21FN2O2S. The summed E-state index contributed by atoms with van der Waals surface area (Å²) in [5.41, 5.74) is 3.55. The van der Waals surface area contributed by atoms with Gasteiger partial charge in [-0.3, -0.25) is 4.98 Å². The number of hydrogen-bond acceptors (Lipinski definition) is 3. The van der Waals surface area contributed by atoms with E-state index in [4.69, 9.17) is 0 Å². The smallest absolute Gasteiger partial charge is 0.218 e. The van der Waals surface area contributed by atoms with E-state index < -0.39 is 15.8 Å². The van der Waals surface area contributed by atoms with Crippen LogP contribution in [0.15, 0.2) is 48.0 Å². The zero-order valence-corrected chi connectivity index (χ0v) is 15.0. The SMILES string of the molecule is Cc1cccc(C=C2CCN(S(=O)(=O)Cc3cccc(F)c3)CC2)n1. The van der Waals surface area contributed by atoms with Gasteiger partial charge >= 0.3 is 0 Å². The van der Waals surface area contributed by atoms with Gasteiger partial charge in [-0.15, -0.1) is 0 Å². The fourth-order valence-corrected chi connectivity index (χ4v) is 4.50. The Morgan fingerprint density at radius 2 is 1.88 bits per heavy atom. The highest BCUT2D eigenvalue weighted by Gasteiger charge is 2.25. The Bertz CT molecular complexity index is 884. The zero-order chi connectivity index (χ0) is 17.9. The summed E-state index contributed by atoms with van der Waals surface area (Å²) in [7, 11) is -3.43. The summed E-state index contributed by atoms with van der Waals surface area (Å²) in [6, 6.07) is 11.6. The van der Waals surface area contributed by atoms with Crippen molar-refractivity contribution in [3.63, 3.8) is 0 Å². The zero-order valence-electron chi connectivity index (χ0n) is 14.2. The molecule has 132 valence electrons. The second kappa shape index (κ2) is 7.45. The highest BCUT2D eigenvalue weighted by Crippen LogP contribution is 2.23. The molecule has 1 aliphatic heterocycles. The molecule has 25 heavy (non-hydrogen) atoms. The molecule has 6 heteroatoms. The van der Waals surface area contributed by atoms with Crippen LogP contribution >= 0.6 is 0 Å². The third-order valence-corrected chi connectivity index (χ3v) is 6.11. The van der Waals surface area contributed by atoms with Crippen molar-refractivity contribution in [1.82, 2.24) is 9.29 Å². The molecule has 2 aromatic rings. The molecule has 0 amide bonds. The molecule has 0 atom stereocenters. The van der Waals surface area contributed by atoms with Gasteiger partial charge < -0.3 is 0 Å². The van der Waals surface area contributed by atoms with E-state index in [0.29, 0.717) is 31.5 Å². The maximum atomic E-state index is 13.2. The second-order valence-electron chi connectivity index (χ2n) is 6.29. The summed E-state index contributed by atoms with van der Waals surface area (Å²) in [4.78, 5) is 4.46. The topological polar surface area (TPSA) is 50.3 Å². The molecule has 1 saturated heterocycles. The third kappa shape index (κ3) is 4.74. The van der Waals surface area contributed by atoms with E-state index in [1.165, 1.54) is 28.1 Å². The first-order chi connectivity index (χ1) is 11.9. The average molecular weight is 360 g/mol. The molecular weight excluding hydrogens is 339 g/mol. The van der Waals surface area contributed by atoms with Crippen LogP contribution in [0.1, 0.15) is 29.8 Å².